The van der Waals surface area contributed by atoms with Crippen LogP contribution in [-0.2, 0) is 11.0 Å². The van der Waals surface area contributed by atoms with E-state index >= 15 is 0 Å². The molecule has 108 valence electrons. The minimum atomic E-state index is -4.44. The summed E-state index contributed by atoms with van der Waals surface area (Å²) in [5.74, 6) is -1.20. The molecule has 2 nitrogen and oxygen atoms in total. The molecule has 0 bridgehead atoms. The maximum atomic E-state index is 12.5. The Bertz CT molecular complexity index is 656. The molecular formula is C16H11F3O2. The molecule has 0 heterocycles. The molecule has 0 spiro atoms. The van der Waals surface area contributed by atoms with Crippen molar-refractivity contribution in [3.8, 4) is 0 Å². The zero-order chi connectivity index (χ0) is 15.5. The number of carboxylic acid groups (broad SMARTS) is 1. The highest BCUT2D eigenvalue weighted by Gasteiger charge is 2.30. The number of rotatable bonds is 3. The summed E-state index contributed by atoms with van der Waals surface area (Å²) < 4.78 is 37.5. The van der Waals surface area contributed by atoms with Crippen LogP contribution in [-0.4, -0.2) is 11.1 Å². The molecule has 0 fully saturated rings. The Balaban J connectivity index is 2.40. The number of halogens is 3. The minimum absolute atomic E-state index is 0.0603. The Hall–Kier alpha value is -2.56. The Morgan fingerprint density at radius 2 is 1.52 bits per heavy atom. The van der Waals surface area contributed by atoms with Gasteiger partial charge < -0.3 is 5.11 Å². The topological polar surface area (TPSA) is 37.3 Å². The first kappa shape index (κ1) is 14.8. The van der Waals surface area contributed by atoms with E-state index in [9.17, 15) is 23.1 Å². The van der Waals surface area contributed by atoms with Gasteiger partial charge >= 0.3 is 12.1 Å². The lowest BCUT2D eigenvalue weighted by Crippen LogP contribution is -2.05. The third-order valence-electron chi connectivity index (χ3n) is 2.86. The zero-order valence-electron chi connectivity index (χ0n) is 10.8. The average Bonchev–Trinajstić information content (AvgIpc) is 2.45. The average molecular weight is 292 g/mol. The normalized spacial score (nSPS) is 12.2. The Morgan fingerprint density at radius 3 is 2.00 bits per heavy atom. The number of hydrogen-bond acceptors (Lipinski definition) is 1. The van der Waals surface area contributed by atoms with Gasteiger partial charge in [0.1, 0.15) is 0 Å². The van der Waals surface area contributed by atoms with Crippen LogP contribution in [0.4, 0.5) is 13.2 Å². The van der Waals surface area contributed by atoms with E-state index in [-0.39, 0.29) is 11.1 Å². The third kappa shape index (κ3) is 3.72. The maximum Gasteiger partial charge on any atom is 0.416 e. The highest BCUT2D eigenvalue weighted by atomic mass is 19.4. The molecule has 0 saturated heterocycles. The second kappa shape index (κ2) is 5.83. The van der Waals surface area contributed by atoms with Crippen molar-refractivity contribution in [1.29, 1.82) is 0 Å². The van der Waals surface area contributed by atoms with Crippen molar-refractivity contribution in [3.63, 3.8) is 0 Å². The van der Waals surface area contributed by atoms with E-state index in [0.717, 1.165) is 24.3 Å². The van der Waals surface area contributed by atoms with Crippen LogP contribution in [0.1, 0.15) is 16.7 Å². The number of benzene rings is 2. The summed E-state index contributed by atoms with van der Waals surface area (Å²) >= 11 is 0. The summed E-state index contributed by atoms with van der Waals surface area (Å²) in [6.07, 6.45) is -3.02. The number of carbonyl (C=O) groups is 1. The van der Waals surface area contributed by atoms with E-state index < -0.39 is 17.7 Å². The molecule has 2 aromatic carbocycles. The van der Waals surface area contributed by atoms with Crippen LogP contribution < -0.4 is 0 Å². The van der Waals surface area contributed by atoms with Gasteiger partial charge in [-0.15, -0.1) is 0 Å². The summed E-state index contributed by atoms with van der Waals surface area (Å²) in [5.41, 5.74) is 0.0137. The molecule has 0 amide bonds. The molecule has 0 saturated carbocycles. The smallest absolute Gasteiger partial charge is 0.416 e. The molecule has 0 aliphatic heterocycles. The van der Waals surface area contributed by atoms with Gasteiger partial charge in [-0.25, -0.2) is 4.79 Å². The van der Waals surface area contributed by atoms with E-state index in [1.165, 1.54) is 6.08 Å². The zero-order valence-corrected chi connectivity index (χ0v) is 10.8. The number of alkyl halides is 3. The molecule has 5 heteroatoms. The lowest BCUT2D eigenvalue weighted by molar-refractivity contribution is -0.137. The Morgan fingerprint density at radius 1 is 0.952 bits per heavy atom. The fraction of sp³-hybridized carbons (Fsp3) is 0.0625. The maximum absolute atomic E-state index is 12.5. The first-order valence-electron chi connectivity index (χ1n) is 6.05. The molecule has 2 aromatic rings. The van der Waals surface area contributed by atoms with Crippen LogP contribution in [0.3, 0.4) is 0 Å². The summed E-state index contributed by atoms with van der Waals surface area (Å²) in [4.78, 5) is 11.3. The molecule has 0 aliphatic rings. The first-order chi connectivity index (χ1) is 9.88. The molecule has 0 atom stereocenters. The van der Waals surface area contributed by atoms with Crippen LogP contribution in [0.25, 0.3) is 11.6 Å². The van der Waals surface area contributed by atoms with E-state index in [1.54, 1.807) is 30.3 Å². The second-order valence-electron chi connectivity index (χ2n) is 4.35. The van der Waals surface area contributed by atoms with Gasteiger partial charge in [-0.3, -0.25) is 0 Å². The van der Waals surface area contributed by atoms with Gasteiger partial charge in [-0.1, -0.05) is 42.5 Å². The summed E-state index contributed by atoms with van der Waals surface area (Å²) in [6.45, 7) is 0. The molecule has 0 aromatic heterocycles. The van der Waals surface area contributed by atoms with Crippen molar-refractivity contribution in [2.45, 2.75) is 6.18 Å². The van der Waals surface area contributed by atoms with Crippen LogP contribution in [0.5, 0.6) is 0 Å². The van der Waals surface area contributed by atoms with Gasteiger partial charge in [-0.05, 0) is 29.3 Å². The van der Waals surface area contributed by atoms with Gasteiger partial charge in [0.25, 0.3) is 0 Å². The first-order valence-corrected chi connectivity index (χ1v) is 6.05. The van der Waals surface area contributed by atoms with E-state index in [1.807, 2.05) is 0 Å². The third-order valence-corrected chi connectivity index (χ3v) is 2.86. The van der Waals surface area contributed by atoms with Crippen molar-refractivity contribution < 1.29 is 23.1 Å². The van der Waals surface area contributed by atoms with E-state index in [0.29, 0.717) is 5.56 Å². The SMILES string of the molecule is O=C(O)/C(=C/c1ccccc1)c1ccc(C(F)(F)F)cc1. The van der Waals surface area contributed by atoms with E-state index in [2.05, 4.69) is 0 Å². The summed E-state index contributed by atoms with van der Waals surface area (Å²) in [7, 11) is 0. The highest BCUT2D eigenvalue weighted by Crippen LogP contribution is 2.30. The highest BCUT2D eigenvalue weighted by molar-refractivity contribution is 6.20. The lowest BCUT2D eigenvalue weighted by atomic mass is 10.0. The van der Waals surface area contributed by atoms with Gasteiger partial charge in [-0.2, -0.15) is 13.2 Å². The fourth-order valence-electron chi connectivity index (χ4n) is 1.82. The molecule has 0 unspecified atom stereocenters. The predicted molar refractivity (Wildman–Crippen MR) is 73.4 cm³/mol. The fourth-order valence-corrected chi connectivity index (χ4v) is 1.82. The predicted octanol–water partition coefficient (Wildman–Crippen LogP) is 4.33. The van der Waals surface area contributed by atoms with Gasteiger partial charge in [0, 0.05) is 0 Å². The number of carboxylic acids is 1. The van der Waals surface area contributed by atoms with Gasteiger partial charge in [0.15, 0.2) is 0 Å². The van der Waals surface area contributed by atoms with Crippen molar-refractivity contribution in [2.75, 3.05) is 0 Å². The largest absolute Gasteiger partial charge is 0.478 e. The molecule has 1 N–H and O–H groups in total. The number of hydrogen-bond donors (Lipinski definition) is 1. The molecule has 21 heavy (non-hydrogen) atoms. The van der Waals surface area contributed by atoms with Crippen LogP contribution in [0.15, 0.2) is 54.6 Å². The van der Waals surface area contributed by atoms with Gasteiger partial charge in [0.05, 0.1) is 11.1 Å². The molecule has 0 aliphatic carbocycles. The molecular weight excluding hydrogens is 281 g/mol. The molecule has 0 radical (unpaired) electrons. The van der Waals surface area contributed by atoms with Crippen molar-refractivity contribution >= 4 is 17.6 Å². The Kier molecular flexibility index (Phi) is 4.12. The quantitative estimate of drug-likeness (QED) is 0.675. The number of aliphatic carboxylic acids is 1. The van der Waals surface area contributed by atoms with E-state index in [4.69, 9.17) is 0 Å². The minimum Gasteiger partial charge on any atom is -0.478 e. The lowest BCUT2D eigenvalue weighted by Gasteiger charge is -2.08. The van der Waals surface area contributed by atoms with Gasteiger partial charge in [0.2, 0.25) is 0 Å². The van der Waals surface area contributed by atoms with Crippen LogP contribution >= 0.6 is 0 Å². The van der Waals surface area contributed by atoms with Crippen molar-refractivity contribution in [2.24, 2.45) is 0 Å². The summed E-state index contributed by atoms with van der Waals surface area (Å²) in [5, 5.41) is 9.23. The second-order valence-corrected chi connectivity index (χ2v) is 4.35. The van der Waals surface area contributed by atoms with Crippen molar-refractivity contribution in [3.05, 3.63) is 71.3 Å². The van der Waals surface area contributed by atoms with Crippen LogP contribution in [0, 0.1) is 0 Å². The summed E-state index contributed by atoms with van der Waals surface area (Å²) in [6, 6.07) is 12.8. The Labute approximate surface area is 119 Å². The standard InChI is InChI=1S/C16H11F3O2/c17-16(18,19)13-8-6-12(7-9-13)14(15(20)21)10-11-4-2-1-3-5-11/h1-10H,(H,20,21)/b14-10+. The van der Waals surface area contributed by atoms with Crippen LogP contribution in [0.2, 0.25) is 0 Å². The van der Waals surface area contributed by atoms with Crippen molar-refractivity contribution in [1.82, 2.24) is 0 Å². The molecule has 2 rings (SSSR count). The monoisotopic (exact) mass is 292 g/mol.